The number of aromatic nitrogens is 2. The summed E-state index contributed by atoms with van der Waals surface area (Å²) in [6.45, 7) is 7.27. The van der Waals surface area contributed by atoms with Crippen LogP contribution >= 0.6 is 11.8 Å². The normalized spacial score (nSPS) is 15.0. The van der Waals surface area contributed by atoms with Crippen molar-refractivity contribution >= 4 is 76.9 Å². The number of aromatic hydroxyl groups is 1. The number of aliphatic hydroxyl groups excluding tert-OH is 1. The first-order chi connectivity index (χ1) is 36.3. The highest BCUT2D eigenvalue weighted by Crippen LogP contribution is 2.14. The van der Waals surface area contributed by atoms with Crippen LogP contribution in [0.3, 0.4) is 0 Å². The van der Waals surface area contributed by atoms with Crippen LogP contribution in [0, 0.1) is 11.8 Å². The molecule has 28 nitrogen and oxygen atoms in total. The van der Waals surface area contributed by atoms with E-state index < -0.39 is 133 Å². The fraction of sp³-hybridized carbons (Fsp3) is 0.583. The second-order valence-corrected chi connectivity index (χ2v) is 19.7. The van der Waals surface area contributed by atoms with Gasteiger partial charge in [0.05, 0.1) is 25.4 Å². The predicted octanol–water partition coefficient (Wildman–Crippen LogP) is -3.42. The molecule has 2 rings (SSSR count). The van der Waals surface area contributed by atoms with Crippen molar-refractivity contribution in [1.82, 2.24) is 52.5 Å². The Bertz CT molecular complexity index is 2320. The number of rotatable bonds is 35. The number of nitrogens with zero attached hydrogens (tertiary/aromatic N) is 2. The van der Waals surface area contributed by atoms with Gasteiger partial charge in [0.15, 0.2) is 5.96 Å². The molecule has 0 saturated carbocycles. The van der Waals surface area contributed by atoms with Crippen molar-refractivity contribution in [2.45, 2.75) is 140 Å². The van der Waals surface area contributed by atoms with Crippen LogP contribution in [0.25, 0.3) is 0 Å². The van der Waals surface area contributed by atoms with Crippen molar-refractivity contribution < 1.29 is 68.4 Å². The summed E-state index contributed by atoms with van der Waals surface area (Å²) in [5, 5.41) is 58.8. The van der Waals surface area contributed by atoms with Crippen LogP contribution in [0.5, 0.6) is 5.75 Å². The molecule has 0 aliphatic rings. The standard InChI is InChI=1S/C48H76N14O14S/c1-7-25(4)38(62-39(67)26(5)55-41(69)32(14-16-77-6)57-43(71)33(18-27-10-12-29(64)13-11-27)58-40(68)30(49)20-37(65)66)46(74)59-34(19-28-21-52-23-54-28)44(72)56-31(9-8-15-53-48(50)51)42(70)61-36(22-63)45(73)60-35(47(75)76)17-24(2)3/h10-13,21,23-26,30-36,38,63-64H,7-9,14-20,22,49H2,1-6H3,(H,52,54)(H,55,69)(H,56,72)(H,57,71)(H,58,68)(H,59,74)(H,60,73)(H,61,70)(H,62,67)(H,65,66)(H,75,76)(H4,50,51,53)/t25-,26-,30-,31-,32-,33-,34-,35-,36-,38-/m0/s1. The van der Waals surface area contributed by atoms with E-state index in [4.69, 9.17) is 22.3 Å². The van der Waals surface area contributed by atoms with Crippen LogP contribution in [-0.2, 0) is 60.8 Å². The zero-order chi connectivity index (χ0) is 57.9. The van der Waals surface area contributed by atoms with Gasteiger partial charge in [0.1, 0.15) is 54.1 Å². The number of aliphatic imine (C=N–C) groups is 1. The molecule has 428 valence electrons. The van der Waals surface area contributed by atoms with Crippen LogP contribution in [0.15, 0.2) is 41.8 Å². The lowest BCUT2D eigenvalue weighted by Gasteiger charge is -2.29. The Hall–Kier alpha value is -7.53. The number of imidazole rings is 1. The van der Waals surface area contributed by atoms with E-state index in [-0.39, 0.29) is 62.7 Å². The van der Waals surface area contributed by atoms with Crippen molar-refractivity contribution in [1.29, 1.82) is 0 Å². The van der Waals surface area contributed by atoms with E-state index in [1.54, 1.807) is 34.0 Å². The lowest BCUT2D eigenvalue weighted by Crippen LogP contribution is -2.61. The number of hydrogen-bond donors (Lipinski definition) is 16. The lowest BCUT2D eigenvalue weighted by atomic mass is 9.97. The van der Waals surface area contributed by atoms with E-state index in [1.807, 2.05) is 0 Å². The van der Waals surface area contributed by atoms with Gasteiger partial charge in [-0.25, -0.2) is 9.78 Å². The summed E-state index contributed by atoms with van der Waals surface area (Å²) in [5.41, 5.74) is 17.5. The molecule has 77 heavy (non-hydrogen) atoms. The summed E-state index contributed by atoms with van der Waals surface area (Å²) in [6.07, 6.45) is 3.73. The summed E-state index contributed by atoms with van der Waals surface area (Å²) in [4.78, 5) is 144. The van der Waals surface area contributed by atoms with Gasteiger partial charge >= 0.3 is 11.9 Å². The van der Waals surface area contributed by atoms with E-state index in [2.05, 4.69) is 57.5 Å². The zero-order valence-corrected chi connectivity index (χ0v) is 44.8. The maximum Gasteiger partial charge on any atom is 0.326 e. The number of benzene rings is 1. The monoisotopic (exact) mass is 1100 g/mol. The van der Waals surface area contributed by atoms with Crippen molar-refractivity contribution in [2.24, 2.45) is 34.0 Å². The lowest BCUT2D eigenvalue weighted by molar-refractivity contribution is -0.143. The molecule has 0 saturated heterocycles. The maximum atomic E-state index is 14.3. The third-order valence-corrected chi connectivity index (χ3v) is 12.5. The SMILES string of the molecule is CC[C@H](C)[C@H](NC(=O)[C@H](C)NC(=O)[C@H](CCSC)NC(=O)[C@H](Cc1ccc(O)cc1)NC(=O)[C@@H](N)CC(=O)O)C(=O)N[C@@H](Cc1cnc[nH]1)C(=O)N[C@@H](CCCN=C(N)N)C(=O)N[C@@H](CO)C(=O)N[C@@H](CC(C)C)C(=O)O. The first-order valence-corrected chi connectivity index (χ1v) is 26.2. The average Bonchev–Trinajstić information content (AvgIpc) is 3.89. The van der Waals surface area contributed by atoms with Crippen molar-refractivity contribution in [2.75, 3.05) is 25.2 Å². The number of phenols is 1. The number of carboxylic acids is 2. The summed E-state index contributed by atoms with van der Waals surface area (Å²) in [7, 11) is 0. The molecular weight excluding hydrogens is 1030 g/mol. The number of carboxylic acid groups (broad SMARTS) is 2. The van der Waals surface area contributed by atoms with Gasteiger partial charge < -0.3 is 85.1 Å². The van der Waals surface area contributed by atoms with Crippen LogP contribution in [0.2, 0.25) is 0 Å². The number of phenolic OH excluding ortho intramolecular Hbond substituents is 1. The number of amides is 8. The molecule has 2 aromatic rings. The van der Waals surface area contributed by atoms with Crippen molar-refractivity contribution in [3.8, 4) is 5.75 Å². The smallest absolute Gasteiger partial charge is 0.326 e. The number of nitrogens with two attached hydrogens (primary N) is 3. The Labute approximate surface area is 449 Å². The minimum Gasteiger partial charge on any atom is -0.508 e. The number of H-pyrrole nitrogens is 1. The first kappa shape index (κ1) is 65.6. The Balaban J connectivity index is 2.38. The molecule has 19 N–H and O–H groups in total. The molecular formula is C48H76N14O14S. The third-order valence-electron chi connectivity index (χ3n) is 11.9. The number of thioether (sulfide) groups is 1. The van der Waals surface area contributed by atoms with Gasteiger partial charge in [0.25, 0.3) is 0 Å². The molecule has 0 unspecified atom stereocenters. The highest BCUT2D eigenvalue weighted by molar-refractivity contribution is 7.98. The van der Waals surface area contributed by atoms with E-state index in [0.29, 0.717) is 23.4 Å². The van der Waals surface area contributed by atoms with Gasteiger partial charge in [-0.05, 0) is 74.1 Å². The van der Waals surface area contributed by atoms with Gasteiger partial charge in [0, 0.05) is 31.3 Å². The molecule has 1 aromatic carbocycles. The Morgan fingerprint density at radius 1 is 0.688 bits per heavy atom. The number of aromatic amines is 1. The van der Waals surface area contributed by atoms with Gasteiger partial charge in [-0.1, -0.05) is 46.2 Å². The van der Waals surface area contributed by atoms with E-state index in [0.717, 1.165) is 0 Å². The fourth-order valence-electron chi connectivity index (χ4n) is 7.34. The summed E-state index contributed by atoms with van der Waals surface area (Å²) < 4.78 is 0. The average molecular weight is 1110 g/mol. The number of carbonyl (C=O) groups excluding carboxylic acids is 8. The molecule has 1 heterocycles. The Morgan fingerprint density at radius 3 is 1.75 bits per heavy atom. The number of hydrogen-bond acceptors (Lipinski definition) is 16. The van der Waals surface area contributed by atoms with Gasteiger partial charge in [0.2, 0.25) is 47.3 Å². The van der Waals surface area contributed by atoms with Crippen LogP contribution < -0.4 is 59.7 Å². The molecule has 29 heteroatoms. The Kier molecular flexibility index (Phi) is 28.5. The number of guanidine groups is 1. The second kappa shape index (κ2) is 33.5. The zero-order valence-electron chi connectivity index (χ0n) is 44.0. The molecule has 0 fully saturated rings. The highest BCUT2D eigenvalue weighted by atomic mass is 32.2. The van der Waals surface area contributed by atoms with Gasteiger partial charge in [-0.3, -0.25) is 48.1 Å². The van der Waals surface area contributed by atoms with Gasteiger partial charge in [-0.2, -0.15) is 11.8 Å². The largest absolute Gasteiger partial charge is 0.508 e. The van der Waals surface area contributed by atoms with Crippen molar-refractivity contribution in [3.63, 3.8) is 0 Å². The van der Waals surface area contributed by atoms with Crippen LogP contribution in [-0.4, -0.2) is 175 Å². The molecule has 0 aliphatic heterocycles. The molecule has 0 spiro atoms. The summed E-state index contributed by atoms with van der Waals surface area (Å²) in [6, 6.07) is -7.05. The maximum absolute atomic E-state index is 14.3. The minimum atomic E-state index is -1.65. The molecule has 0 bridgehead atoms. The topological polar surface area (TPSA) is 467 Å². The highest BCUT2D eigenvalue weighted by Gasteiger charge is 2.36. The van der Waals surface area contributed by atoms with Gasteiger partial charge in [-0.15, -0.1) is 0 Å². The van der Waals surface area contributed by atoms with Crippen LogP contribution in [0.4, 0.5) is 0 Å². The third kappa shape index (κ3) is 23.9. The minimum absolute atomic E-state index is 0.00726. The van der Waals surface area contributed by atoms with Crippen LogP contribution in [0.1, 0.15) is 84.4 Å². The van der Waals surface area contributed by atoms with E-state index in [1.165, 1.54) is 55.5 Å². The van der Waals surface area contributed by atoms with Crippen molar-refractivity contribution in [3.05, 3.63) is 48.0 Å². The molecule has 0 radical (unpaired) electrons. The second-order valence-electron chi connectivity index (χ2n) is 18.7. The predicted molar refractivity (Wildman–Crippen MR) is 282 cm³/mol. The summed E-state index contributed by atoms with van der Waals surface area (Å²) >= 11 is 1.35. The molecule has 1 aromatic heterocycles. The number of carbonyl (C=O) groups is 10. The number of nitrogens with one attached hydrogen (secondary N) is 9. The Morgan fingerprint density at radius 2 is 1.22 bits per heavy atom. The molecule has 10 atom stereocenters. The molecule has 0 aliphatic carbocycles. The number of aliphatic carboxylic acids is 2. The first-order valence-electron chi connectivity index (χ1n) is 24.8. The van der Waals surface area contributed by atoms with E-state index >= 15 is 0 Å². The summed E-state index contributed by atoms with van der Waals surface area (Å²) in [5.74, 6) is -10.6. The molecule has 8 amide bonds. The number of aliphatic hydroxyl groups is 1. The van der Waals surface area contributed by atoms with E-state index in [9.17, 15) is 63.3 Å². The quantitative estimate of drug-likeness (QED) is 0.0182. The fourth-order valence-corrected chi connectivity index (χ4v) is 7.81.